The largest absolute Gasteiger partial charge is 0.337 e. The molecule has 4 rings (SSSR count). The van der Waals surface area contributed by atoms with Crippen LogP contribution < -0.4 is 5.56 Å². The fourth-order valence-corrected chi connectivity index (χ4v) is 4.50. The number of hydrogen-bond acceptors (Lipinski definition) is 3. The van der Waals surface area contributed by atoms with E-state index in [2.05, 4.69) is 21.8 Å². The van der Waals surface area contributed by atoms with Crippen molar-refractivity contribution in [2.45, 2.75) is 76.8 Å². The number of rotatable bonds is 6. The van der Waals surface area contributed by atoms with Gasteiger partial charge in [0.05, 0.1) is 10.9 Å². The molecule has 2 aliphatic carbocycles. The normalized spacial score (nSPS) is 22.7. The summed E-state index contributed by atoms with van der Waals surface area (Å²) in [6.07, 6.45) is 9.24. The zero-order valence-corrected chi connectivity index (χ0v) is 16.1. The highest BCUT2D eigenvalue weighted by Crippen LogP contribution is 2.36. The molecule has 0 spiro atoms. The van der Waals surface area contributed by atoms with Gasteiger partial charge in [-0.3, -0.25) is 9.59 Å². The summed E-state index contributed by atoms with van der Waals surface area (Å²) in [7, 11) is 0. The monoisotopic (exact) mass is 367 g/mol. The predicted molar refractivity (Wildman–Crippen MR) is 107 cm³/mol. The third-order valence-electron chi connectivity index (χ3n) is 6.25. The minimum absolute atomic E-state index is 0.125. The molecule has 0 atom stereocenters. The SMILES string of the molecule is CCC1CCC(N(C(=O)CCc2nc3ccccc3c(=O)[nH]2)C2CC2)CC1. The van der Waals surface area contributed by atoms with E-state index in [1.165, 1.54) is 19.3 Å². The van der Waals surface area contributed by atoms with E-state index in [1.807, 2.05) is 18.2 Å². The van der Waals surface area contributed by atoms with Crippen molar-refractivity contribution in [3.8, 4) is 0 Å². The van der Waals surface area contributed by atoms with E-state index in [0.29, 0.717) is 41.7 Å². The maximum absolute atomic E-state index is 13.0. The minimum atomic E-state index is -0.125. The lowest BCUT2D eigenvalue weighted by Crippen LogP contribution is -2.44. The Hall–Kier alpha value is -2.17. The first kappa shape index (κ1) is 18.2. The van der Waals surface area contributed by atoms with Crippen molar-refractivity contribution < 1.29 is 4.79 Å². The number of hydrogen-bond donors (Lipinski definition) is 1. The number of nitrogens with zero attached hydrogens (tertiary/aromatic N) is 2. The Balaban J connectivity index is 1.42. The molecule has 2 aromatic rings. The van der Waals surface area contributed by atoms with Gasteiger partial charge < -0.3 is 9.88 Å². The van der Waals surface area contributed by atoms with E-state index in [0.717, 1.165) is 31.6 Å². The summed E-state index contributed by atoms with van der Waals surface area (Å²) in [5, 5.41) is 0.597. The van der Waals surface area contributed by atoms with Crippen LogP contribution in [0.15, 0.2) is 29.1 Å². The molecule has 2 aliphatic rings. The lowest BCUT2D eigenvalue weighted by molar-refractivity contribution is -0.135. The molecule has 0 aliphatic heterocycles. The van der Waals surface area contributed by atoms with Gasteiger partial charge in [0.15, 0.2) is 0 Å². The Morgan fingerprint density at radius 3 is 2.44 bits per heavy atom. The van der Waals surface area contributed by atoms with Crippen LogP contribution in [-0.4, -0.2) is 32.9 Å². The van der Waals surface area contributed by atoms with E-state index < -0.39 is 0 Å². The number of para-hydroxylation sites is 1. The molecule has 0 bridgehead atoms. The molecule has 144 valence electrons. The Kier molecular flexibility index (Phi) is 5.28. The van der Waals surface area contributed by atoms with Crippen molar-refractivity contribution in [3.63, 3.8) is 0 Å². The molecule has 2 saturated carbocycles. The predicted octanol–water partition coefficient (Wildman–Crippen LogP) is 3.82. The average molecular weight is 367 g/mol. The maximum atomic E-state index is 13.0. The Morgan fingerprint density at radius 1 is 1.11 bits per heavy atom. The van der Waals surface area contributed by atoms with Gasteiger partial charge in [-0.2, -0.15) is 0 Å². The molecule has 1 amide bonds. The lowest BCUT2D eigenvalue weighted by Gasteiger charge is -2.37. The highest BCUT2D eigenvalue weighted by Gasteiger charge is 2.38. The van der Waals surface area contributed by atoms with Gasteiger partial charge in [0, 0.05) is 24.9 Å². The summed E-state index contributed by atoms with van der Waals surface area (Å²) in [5.41, 5.74) is 0.570. The Labute approximate surface area is 160 Å². The van der Waals surface area contributed by atoms with Crippen molar-refractivity contribution in [1.29, 1.82) is 0 Å². The molecular weight excluding hydrogens is 338 g/mol. The number of aromatic nitrogens is 2. The molecule has 5 nitrogen and oxygen atoms in total. The number of H-pyrrole nitrogens is 1. The third kappa shape index (κ3) is 4.07. The topological polar surface area (TPSA) is 66.1 Å². The van der Waals surface area contributed by atoms with Crippen molar-refractivity contribution in [2.75, 3.05) is 0 Å². The molecule has 2 fully saturated rings. The molecule has 5 heteroatoms. The van der Waals surface area contributed by atoms with Crippen molar-refractivity contribution in [3.05, 3.63) is 40.4 Å². The zero-order chi connectivity index (χ0) is 18.8. The summed E-state index contributed by atoms with van der Waals surface area (Å²) in [6.45, 7) is 2.27. The van der Waals surface area contributed by atoms with Gasteiger partial charge in [-0.1, -0.05) is 25.5 Å². The minimum Gasteiger partial charge on any atom is -0.337 e. The Bertz CT molecular complexity index is 863. The maximum Gasteiger partial charge on any atom is 0.258 e. The first-order chi connectivity index (χ1) is 13.2. The second kappa shape index (κ2) is 7.83. The van der Waals surface area contributed by atoms with Crippen LogP contribution in [0.5, 0.6) is 0 Å². The summed E-state index contributed by atoms with van der Waals surface area (Å²) >= 11 is 0. The Morgan fingerprint density at radius 2 is 1.78 bits per heavy atom. The summed E-state index contributed by atoms with van der Waals surface area (Å²) < 4.78 is 0. The molecule has 0 saturated heterocycles. The van der Waals surface area contributed by atoms with Gasteiger partial charge in [0.1, 0.15) is 5.82 Å². The van der Waals surface area contributed by atoms with E-state index in [9.17, 15) is 9.59 Å². The molecule has 1 aromatic heterocycles. The van der Waals surface area contributed by atoms with Gasteiger partial charge in [0.25, 0.3) is 5.56 Å². The number of fused-ring (bicyclic) bond motifs is 1. The number of carbonyl (C=O) groups excluding carboxylic acids is 1. The van der Waals surface area contributed by atoms with E-state index in [-0.39, 0.29) is 11.5 Å². The molecule has 27 heavy (non-hydrogen) atoms. The highest BCUT2D eigenvalue weighted by molar-refractivity contribution is 5.78. The summed E-state index contributed by atoms with van der Waals surface area (Å²) in [6, 6.07) is 8.20. The van der Waals surface area contributed by atoms with Crippen molar-refractivity contribution >= 4 is 16.8 Å². The van der Waals surface area contributed by atoms with Crippen LogP contribution in [-0.2, 0) is 11.2 Å². The van der Waals surface area contributed by atoms with Gasteiger partial charge in [-0.15, -0.1) is 0 Å². The molecule has 0 radical (unpaired) electrons. The van der Waals surface area contributed by atoms with Crippen LogP contribution in [0.25, 0.3) is 10.9 Å². The highest BCUT2D eigenvalue weighted by atomic mass is 16.2. The number of aromatic amines is 1. The van der Waals surface area contributed by atoms with Crippen molar-refractivity contribution in [1.82, 2.24) is 14.9 Å². The smallest absolute Gasteiger partial charge is 0.258 e. The van der Waals surface area contributed by atoms with Gasteiger partial charge in [-0.05, 0) is 56.6 Å². The van der Waals surface area contributed by atoms with E-state index >= 15 is 0 Å². The second-order valence-corrected chi connectivity index (χ2v) is 8.14. The molecule has 1 N–H and O–H groups in total. The number of amides is 1. The van der Waals surface area contributed by atoms with E-state index in [4.69, 9.17) is 0 Å². The van der Waals surface area contributed by atoms with Crippen LogP contribution in [0.2, 0.25) is 0 Å². The fraction of sp³-hybridized carbons (Fsp3) is 0.591. The second-order valence-electron chi connectivity index (χ2n) is 8.14. The van der Waals surface area contributed by atoms with Crippen LogP contribution >= 0.6 is 0 Å². The standard InChI is InChI=1S/C22H29N3O2/c1-2-15-7-9-16(10-8-15)25(17-11-12-17)21(26)14-13-20-23-19-6-4-3-5-18(19)22(27)24-20/h3-6,15-17H,2,7-14H2,1H3,(H,23,24,27). The quantitative estimate of drug-likeness (QED) is 0.844. The number of carbonyl (C=O) groups is 1. The molecule has 0 unspecified atom stereocenters. The fourth-order valence-electron chi connectivity index (χ4n) is 4.50. The van der Waals surface area contributed by atoms with Crippen molar-refractivity contribution in [2.24, 2.45) is 5.92 Å². The zero-order valence-electron chi connectivity index (χ0n) is 16.1. The summed E-state index contributed by atoms with van der Waals surface area (Å²) in [4.78, 5) is 34.8. The van der Waals surface area contributed by atoms with Crippen LogP contribution in [0.3, 0.4) is 0 Å². The molecule has 1 heterocycles. The lowest BCUT2D eigenvalue weighted by atomic mass is 9.83. The first-order valence-electron chi connectivity index (χ1n) is 10.4. The number of nitrogens with one attached hydrogen (secondary N) is 1. The van der Waals surface area contributed by atoms with Crippen LogP contribution in [0.1, 0.15) is 64.1 Å². The van der Waals surface area contributed by atoms with E-state index in [1.54, 1.807) is 6.07 Å². The molecule has 1 aromatic carbocycles. The average Bonchev–Trinajstić information content (AvgIpc) is 3.52. The van der Waals surface area contributed by atoms with Crippen LogP contribution in [0.4, 0.5) is 0 Å². The van der Waals surface area contributed by atoms with Gasteiger partial charge in [-0.25, -0.2) is 4.98 Å². The van der Waals surface area contributed by atoms with Gasteiger partial charge in [0.2, 0.25) is 5.91 Å². The number of aryl methyl sites for hydroxylation is 1. The van der Waals surface area contributed by atoms with Crippen LogP contribution in [0, 0.1) is 5.92 Å². The first-order valence-corrected chi connectivity index (χ1v) is 10.4. The van der Waals surface area contributed by atoms with Gasteiger partial charge >= 0.3 is 0 Å². The molecular formula is C22H29N3O2. The summed E-state index contributed by atoms with van der Waals surface area (Å²) in [5.74, 6) is 1.68. The number of benzene rings is 1. The third-order valence-corrected chi connectivity index (χ3v) is 6.25.